The van der Waals surface area contributed by atoms with Crippen molar-refractivity contribution >= 4 is 15.9 Å². The second kappa shape index (κ2) is 4.39. The molecule has 2 aromatic rings. The summed E-state index contributed by atoms with van der Waals surface area (Å²) >= 11 is 3.46. The summed E-state index contributed by atoms with van der Waals surface area (Å²) in [5.41, 5.74) is 9.08. The van der Waals surface area contributed by atoms with E-state index in [1.807, 2.05) is 49.0 Å². The average Bonchev–Trinajstić information content (AvgIpc) is 2.64. The summed E-state index contributed by atoms with van der Waals surface area (Å²) in [6.07, 6.45) is 1.95. The molecule has 1 atom stereocenters. The van der Waals surface area contributed by atoms with Crippen molar-refractivity contribution in [2.75, 3.05) is 0 Å². The van der Waals surface area contributed by atoms with Crippen LogP contribution in [0.25, 0.3) is 5.69 Å². The molecule has 1 unspecified atom stereocenters. The molecule has 0 radical (unpaired) electrons. The summed E-state index contributed by atoms with van der Waals surface area (Å²) in [7, 11) is 0. The molecule has 3 nitrogen and oxygen atoms in total. The molecule has 2 rings (SSSR count). The van der Waals surface area contributed by atoms with Crippen LogP contribution < -0.4 is 5.73 Å². The van der Waals surface area contributed by atoms with Crippen LogP contribution in [0.5, 0.6) is 0 Å². The topological polar surface area (TPSA) is 43.8 Å². The van der Waals surface area contributed by atoms with Crippen LogP contribution in [0.15, 0.2) is 34.9 Å². The molecule has 0 bridgehead atoms. The lowest BCUT2D eigenvalue weighted by atomic mass is 10.1. The Morgan fingerprint density at radius 2 is 2.12 bits per heavy atom. The van der Waals surface area contributed by atoms with Crippen molar-refractivity contribution in [1.29, 1.82) is 0 Å². The van der Waals surface area contributed by atoms with Gasteiger partial charge in [-0.05, 0) is 43.7 Å². The number of benzene rings is 1. The van der Waals surface area contributed by atoms with Crippen LogP contribution in [-0.2, 0) is 0 Å². The molecule has 16 heavy (non-hydrogen) atoms. The van der Waals surface area contributed by atoms with Gasteiger partial charge in [0, 0.05) is 16.7 Å². The van der Waals surface area contributed by atoms with Gasteiger partial charge in [0.2, 0.25) is 0 Å². The Balaban J connectivity index is 2.56. The molecule has 0 saturated carbocycles. The van der Waals surface area contributed by atoms with Gasteiger partial charge in [0.1, 0.15) is 0 Å². The Kier molecular flexibility index (Phi) is 3.12. The lowest BCUT2D eigenvalue weighted by Gasteiger charge is -2.13. The first-order chi connectivity index (χ1) is 7.58. The van der Waals surface area contributed by atoms with Crippen molar-refractivity contribution in [3.05, 3.63) is 46.2 Å². The second-order valence-corrected chi connectivity index (χ2v) is 4.81. The van der Waals surface area contributed by atoms with Crippen LogP contribution in [0.1, 0.15) is 24.2 Å². The van der Waals surface area contributed by atoms with Gasteiger partial charge in [0.15, 0.2) is 0 Å². The van der Waals surface area contributed by atoms with E-state index in [1.54, 1.807) is 0 Å². The maximum Gasteiger partial charge on any atom is 0.0694 e. The van der Waals surface area contributed by atoms with Gasteiger partial charge in [-0.2, -0.15) is 5.10 Å². The monoisotopic (exact) mass is 279 g/mol. The number of aromatic nitrogens is 2. The van der Waals surface area contributed by atoms with Crippen molar-refractivity contribution in [1.82, 2.24) is 9.78 Å². The maximum absolute atomic E-state index is 5.97. The zero-order chi connectivity index (χ0) is 11.7. The summed E-state index contributed by atoms with van der Waals surface area (Å²) in [5.74, 6) is 0. The molecule has 1 aromatic carbocycles. The van der Waals surface area contributed by atoms with Crippen molar-refractivity contribution in [2.24, 2.45) is 5.73 Å². The molecule has 2 N–H and O–H groups in total. The van der Waals surface area contributed by atoms with Crippen LogP contribution in [-0.4, -0.2) is 9.78 Å². The molecule has 0 spiro atoms. The molecular formula is C12H14BrN3. The number of nitrogens with two attached hydrogens (primary N) is 1. The quantitative estimate of drug-likeness (QED) is 0.919. The van der Waals surface area contributed by atoms with Crippen LogP contribution in [0.2, 0.25) is 0 Å². The Bertz CT molecular complexity index is 503. The highest BCUT2D eigenvalue weighted by Crippen LogP contribution is 2.24. The zero-order valence-corrected chi connectivity index (χ0v) is 10.9. The molecule has 1 heterocycles. The third kappa shape index (κ3) is 2.18. The van der Waals surface area contributed by atoms with Gasteiger partial charge < -0.3 is 5.73 Å². The Morgan fingerprint density at radius 1 is 1.38 bits per heavy atom. The maximum atomic E-state index is 5.97. The third-order valence-electron chi connectivity index (χ3n) is 2.45. The summed E-state index contributed by atoms with van der Waals surface area (Å²) in [5, 5.41) is 4.40. The van der Waals surface area contributed by atoms with Gasteiger partial charge in [-0.15, -0.1) is 0 Å². The van der Waals surface area contributed by atoms with Gasteiger partial charge in [-0.1, -0.05) is 15.9 Å². The van der Waals surface area contributed by atoms with E-state index >= 15 is 0 Å². The van der Waals surface area contributed by atoms with Gasteiger partial charge >= 0.3 is 0 Å². The number of hydrogen-bond acceptors (Lipinski definition) is 2. The third-order valence-corrected chi connectivity index (χ3v) is 2.94. The molecule has 0 amide bonds. The minimum absolute atomic E-state index is 0.0167. The number of halogens is 1. The highest BCUT2D eigenvalue weighted by Gasteiger charge is 2.09. The predicted octanol–water partition coefficient (Wildman–Crippen LogP) is 2.96. The van der Waals surface area contributed by atoms with E-state index in [9.17, 15) is 0 Å². The Labute approximate surface area is 103 Å². The van der Waals surface area contributed by atoms with E-state index in [0.717, 1.165) is 21.4 Å². The van der Waals surface area contributed by atoms with Gasteiger partial charge in [0.25, 0.3) is 0 Å². The second-order valence-electron chi connectivity index (χ2n) is 3.89. The lowest BCUT2D eigenvalue weighted by Crippen LogP contribution is -2.10. The first-order valence-electron chi connectivity index (χ1n) is 5.15. The molecule has 0 saturated heterocycles. The van der Waals surface area contributed by atoms with E-state index in [2.05, 4.69) is 21.0 Å². The van der Waals surface area contributed by atoms with E-state index in [0.29, 0.717) is 0 Å². The smallest absolute Gasteiger partial charge is 0.0694 e. The minimum Gasteiger partial charge on any atom is -0.324 e. The fourth-order valence-electron chi connectivity index (χ4n) is 1.65. The number of rotatable bonds is 2. The molecule has 84 valence electrons. The largest absolute Gasteiger partial charge is 0.324 e. The van der Waals surface area contributed by atoms with E-state index < -0.39 is 0 Å². The highest BCUT2D eigenvalue weighted by molar-refractivity contribution is 9.10. The van der Waals surface area contributed by atoms with Crippen molar-refractivity contribution < 1.29 is 0 Å². The lowest BCUT2D eigenvalue weighted by molar-refractivity contribution is 0.776. The summed E-state index contributed by atoms with van der Waals surface area (Å²) in [4.78, 5) is 0. The van der Waals surface area contributed by atoms with Crippen LogP contribution >= 0.6 is 15.9 Å². The van der Waals surface area contributed by atoms with Gasteiger partial charge in [0.05, 0.1) is 11.4 Å². The summed E-state index contributed by atoms with van der Waals surface area (Å²) < 4.78 is 2.90. The van der Waals surface area contributed by atoms with Crippen LogP contribution in [0.4, 0.5) is 0 Å². The Hall–Kier alpha value is -1.13. The van der Waals surface area contributed by atoms with Crippen molar-refractivity contribution in [3.63, 3.8) is 0 Å². The molecule has 4 heteroatoms. The fourth-order valence-corrected chi connectivity index (χ4v) is 2.03. The van der Waals surface area contributed by atoms with E-state index in [1.165, 1.54) is 0 Å². The highest BCUT2D eigenvalue weighted by atomic mass is 79.9. The first kappa shape index (κ1) is 11.4. The Morgan fingerprint density at radius 3 is 2.69 bits per heavy atom. The first-order valence-corrected chi connectivity index (χ1v) is 5.95. The number of nitrogens with zero attached hydrogens (tertiary/aromatic N) is 2. The van der Waals surface area contributed by atoms with Gasteiger partial charge in [-0.25, -0.2) is 4.68 Å². The summed E-state index contributed by atoms with van der Waals surface area (Å²) in [6.45, 7) is 3.95. The SMILES string of the molecule is Cc1ccn(-c2ccc(Br)cc2C(C)N)n1. The minimum atomic E-state index is -0.0167. The van der Waals surface area contributed by atoms with Crippen LogP contribution in [0, 0.1) is 6.92 Å². The molecule has 1 aromatic heterocycles. The van der Waals surface area contributed by atoms with E-state index in [4.69, 9.17) is 5.73 Å². The van der Waals surface area contributed by atoms with Gasteiger partial charge in [-0.3, -0.25) is 0 Å². The fraction of sp³-hybridized carbons (Fsp3) is 0.250. The molecule has 0 aliphatic heterocycles. The van der Waals surface area contributed by atoms with Crippen molar-refractivity contribution in [3.8, 4) is 5.69 Å². The van der Waals surface area contributed by atoms with Crippen molar-refractivity contribution in [2.45, 2.75) is 19.9 Å². The molecule has 0 fully saturated rings. The predicted molar refractivity (Wildman–Crippen MR) is 68.6 cm³/mol. The zero-order valence-electron chi connectivity index (χ0n) is 9.31. The standard InChI is InChI=1S/C12H14BrN3/c1-8-5-6-16(15-8)12-4-3-10(13)7-11(12)9(2)14/h3-7,9H,14H2,1-2H3. The molecular weight excluding hydrogens is 266 g/mol. The molecule has 0 aliphatic carbocycles. The average molecular weight is 280 g/mol. The van der Waals surface area contributed by atoms with E-state index in [-0.39, 0.29) is 6.04 Å². The van der Waals surface area contributed by atoms with Crippen LogP contribution in [0.3, 0.4) is 0 Å². The number of aryl methyl sites for hydroxylation is 1. The number of hydrogen-bond donors (Lipinski definition) is 1. The summed E-state index contributed by atoms with van der Waals surface area (Å²) in [6, 6.07) is 8.02. The molecule has 0 aliphatic rings. The normalized spacial score (nSPS) is 12.8.